The molecule has 13 unspecified atom stereocenters. The molecule has 2 N–H and O–H groups in total. The van der Waals surface area contributed by atoms with Crippen molar-refractivity contribution in [2.45, 2.75) is 313 Å². The van der Waals surface area contributed by atoms with Crippen molar-refractivity contribution >= 4 is 5.97 Å². The highest BCUT2D eigenvalue weighted by molar-refractivity contribution is 5.70. The van der Waals surface area contributed by atoms with E-state index in [0.717, 1.165) is 49.7 Å². The third-order valence-electron chi connectivity index (χ3n) is 23.7. The quantitative estimate of drug-likeness (QED) is 0.257. The summed E-state index contributed by atoms with van der Waals surface area (Å²) in [5.41, 5.74) is 2.17. The Bertz CT molecular complexity index is 2520. The van der Waals surface area contributed by atoms with Crippen molar-refractivity contribution in [3.8, 4) is 0 Å². The highest BCUT2D eigenvalue weighted by atomic mass is 16.8. The van der Waals surface area contributed by atoms with Crippen LogP contribution in [0, 0.1) is 35.5 Å². The molecule has 0 aromatic carbocycles. The number of aliphatic hydroxyl groups is 2. The Morgan fingerprint density at radius 1 is 0.506 bits per heavy atom. The summed E-state index contributed by atoms with van der Waals surface area (Å²) in [4.78, 5) is 14.6. The topological polar surface area (TPSA) is 205 Å². The van der Waals surface area contributed by atoms with Gasteiger partial charge in [-0.15, -0.1) is 0 Å². The monoisotopic (exact) mass is 1130 g/mol. The highest BCUT2D eigenvalue weighted by Gasteiger charge is 2.87. The molecule has 81 heavy (non-hydrogen) atoms. The van der Waals surface area contributed by atoms with Gasteiger partial charge in [-0.3, -0.25) is 4.79 Å². The third-order valence-corrected chi connectivity index (χ3v) is 23.7. The summed E-state index contributed by atoms with van der Waals surface area (Å²) in [6.07, 6.45) is 5.36. The lowest BCUT2D eigenvalue weighted by atomic mass is 9.51. The summed E-state index contributed by atoms with van der Waals surface area (Å²) in [6, 6.07) is 0. The van der Waals surface area contributed by atoms with E-state index in [1.807, 2.05) is 0 Å². The van der Waals surface area contributed by atoms with Crippen LogP contribution in [0.3, 0.4) is 0 Å². The van der Waals surface area contributed by atoms with Crippen LogP contribution in [0.15, 0.2) is 24.3 Å². The maximum Gasteiger partial charge on any atom is 0.308 e. The van der Waals surface area contributed by atoms with E-state index in [1.54, 1.807) is 0 Å². The largest absolute Gasteiger partial charge is 0.459 e. The van der Waals surface area contributed by atoms with Crippen molar-refractivity contribution in [2.24, 2.45) is 35.5 Å². The normalized spacial score (nSPS) is 60.6. The minimum absolute atomic E-state index is 0.0116. The second kappa shape index (κ2) is 19.1. The van der Waals surface area contributed by atoms with E-state index >= 15 is 0 Å². The molecule has 0 amide bonds. The Morgan fingerprint density at radius 2 is 1.20 bits per heavy atom. The second-order valence-corrected chi connectivity index (χ2v) is 28.9. The molecule has 17 aliphatic heterocycles. The van der Waals surface area contributed by atoms with E-state index in [-0.39, 0.29) is 177 Å². The van der Waals surface area contributed by atoms with Gasteiger partial charge in [-0.05, 0) is 73.8 Å². The fourth-order valence-corrected chi connectivity index (χ4v) is 20.0. The predicted octanol–water partition coefficient (Wildman–Crippen LogP) is 5.54. The van der Waals surface area contributed by atoms with E-state index in [4.69, 9.17) is 75.8 Å². The average molecular weight is 1140 g/mol. The van der Waals surface area contributed by atoms with Crippen LogP contribution in [0.5, 0.6) is 0 Å². The van der Waals surface area contributed by atoms with Gasteiger partial charge in [-0.2, -0.15) is 0 Å². The Kier molecular flexibility index (Phi) is 12.6. The zero-order chi connectivity index (χ0) is 54.8. The molecule has 18 fully saturated rings. The summed E-state index contributed by atoms with van der Waals surface area (Å²) in [5.74, 6) is -3.14. The van der Waals surface area contributed by atoms with Gasteiger partial charge in [0.1, 0.15) is 24.4 Å². The van der Waals surface area contributed by atoms with Crippen LogP contribution in [-0.2, 0) is 80.6 Å². The maximum atomic E-state index is 14.6. The zero-order valence-electron chi connectivity index (χ0n) is 47.5. The lowest BCUT2D eigenvalue weighted by Crippen LogP contribution is -2.93. The van der Waals surface area contributed by atoms with Crippen molar-refractivity contribution in [3.63, 3.8) is 0 Å². The van der Waals surface area contributed by atoms with Crippen LogP contribution in [0.1, 0.15) is 143 Å². The molecule has 1 saturated carbocycles. The van der Waals surface area contributed by atoms with Crippen molar-refractivity contribution in [3.05, 3.63) is 24.3 Å². The van der Waals surface area contributed by atoms with Crippen LogP contribution in [0.4, 0.5) is 0 Å². The SMILES string of the molecule is C=C1C2C[C@@H]3O[C@H]4C[C@H]5O[C@]6(CC7O[C@]8(C[C@H](C)C9OC%10CC([C@@H](O)CO)OC%10CC9O8)C[C@H](C)C7O6)C[C@H]5O[C@H]4[C@H](C)[C@H]3OC(=O)CC3CC[C@@H]4O[C@@H]5C6[C@@H](O[C@@]7(CCC8CC(=C)[C@H](CC[C@@H](C[C@H]1C)O2)O8)C[C@H]1OC6(O7)C51)[C@H]4O3. The Balaban J connectivity index is 0.606. The first kappa shape index (κ1) is 53.5. The van der Waals surface area contributed by atoms with Gasteiger partial charge in [0.2, 0.25) is 0 Å². The Hall–Kier alpha value is -1.73. The lowest BCUT2D eigenvalue weighted by molar-refractivity contribution is -0.620. The van der Waals surface area contributed by atoms with Crippen LogP contribution in [-0.4, -0.2) is 192 Å². The summed E-state index contributed by atoms with van der Waals surface area (Å²) in [6.45, 7) is 17.6. The number of aliphatic hydroxyl groups excluding tert-OH is 2. The molecule has 18 rings (SSSR count). The third kappa shape index (κ3) is 8.37. The van der Waals surface area contributed by atoms with Gasteiger partial charge >= 0.3 is 5.97 Å². The molecule has 0 aromatic heterocycles. The number of rotatable bonds is 2. The molecule has 17 heterocycles. The van der Waals surface area contributed by atoms with Crippen molar-refractivity contribution in [1.29, 1.82) is 0 Å². The molecule has 17 saturated heterocycles. The van der Waals surface area contributed by atoms with E-state index in [1.165, 1.54) is 0 Å². The van der Waals surface area contributed by atoms with Crippen LogP contribution in [0.25, 0.3) is 0 Å². The number of fused-ring (bicyclic) bond motifs is 11. The minimum Gasteiger partial charge on any atom is -0.459 e. The number of esters is 1. The van der Waals surface area contributed by atoms with E-state index < -0.39 is 47.6 Å². The number of hydrogen-bond acceptors (Lipinski definition) is 19. The lowest BCUT2D eigenvalue weighted by Gasteiger charge is -2.80. The number of hydrogen-bond donors (Lipinski definition) is 2. The minimum atomic E-state index is -0.941. The van der Waals surface area contributed by atoms with Crippen LogP contribution >= 0.6 is 0 Å². The molecular weight excluding hydrogens is 1050 g/mol. The summed E-state index contributed by atoms with van der Waals surface area (Å²) >= 11 is 0. The van der Waals surface area contributed by atoms with Gasteiger partial charge in [0.05, 0.1) is 147 Å². The summed E-state index contributed by atoms with van der Waals surface area (Å²) < 4.78 is 111. The molecule has 448 valence electrons. The molecule has 19 nitrogen and oxygen atoms in total. The molecule has 19 heteroatoms. The Morgan fingerprint density at radius 3 is 2.06 bits per heavy atom. The van der Waals surface area contributed by atoms with Gasteiger partial charge in [-0.1, -0.05) is 40.9 Å². The summed E-state index contributed by atoms with van der Waals surface area (Å²) in [5, 5.41) is 20.0. The first-order valence-electron chi connectivity index (χ1n) is 31.9. The van der Waals surface area contributed by atoms with Crippen LogP contribution in [0.2, 0.25) is 0 Å². The zero-order valence-corrected chi connectivity index (χ0v) is 47.5. The smallest absolute Gasteiger partial charge is 0.308 e. The molecule has 18 aliphatic rings. The van der Waals surface area contributed by atoms with Crippen molar-refractivity contribution in [2.75, 3.05) is 6.61 Å². The molecule has 0 aromatic rings. The summed E-state index contributed by atoms with van der Waals surface area (Å²) in [7, 11) is 0. The average Bonchev–Trinajstić information content (AvgIpc) is 1.25. The standard InChI is InChI=1S/C62H86O19/c1-26-13-32-7-9-36-27(2)14-34(66-36)11-12-59-23-47-50-57-51(62(50,78-47)81-59)58(80-59)56-37(71-57)10-8-33(68-56)15-49(65)74-55-31(6)54-44(70-43(55)16-38(67-32)30(26)5)19-42-46(73-54)22-61(75-42)24-48-53(79-61)29(4)21-60(77-48)20-28(3)52-45(76-60)18-40-41(72-52)17-39(69-40)35(64)25-63/h26,28-29,31-48,50-58,63-64H,2,5,7-25H2,1,3-4,6H3/t26-,28+,29+,31+,32+,33?,34?,35+,36+,37+,38?,39?,40?,41?,42-,43+,44+,45?,46-,47-,48?,50?,51?,52?,53?,54+,55-,56+,57+,58-,59-,60-,61-,62?/m1/s1. The van der Waals surface area contributed by atoms with E-state index in [2.05, 4.69) is 40.9 Å². The molecule has 10 bridgehead atoms. The molecule has 34 atom stereocenters. The first-order valence-corrected chi connectivity index (χ1v) is 31.9. The van der Waals surface area contributed by atoms with Gasteiger partial charge in [0.15, 0.2) is 23.1 Å². The van der Waals surface area contributed by atoms with Crippen molar-refractivity contribution in [1.82, 2.24) is 0 Å². The highest BCUT2D eigenvalue weighted by Crippen LogP contribution is 2.73. The number of ether oxygens (including phenoxy) is 16. The molecule has 4 spiro atoms. The Labute approximate surface area is 474 Å². The number of carbonyl (C=O) groups excluding carboxylic acids is 1. The predicted molar refractivity (Wildman–Crippen MR) is 279 cm³/mol. The first-order chi connectivity index (χ1) is 39.0. The fraction of sp³-hybridized carbons (Fsp3) is 0.919. The van der Waals surface area contributed by atoms with Gasteiger partial charge < -0.3 is 86.0 Å². The van der Waals surface area contributed by atoms with Gasteiger partial charge in [-0.25, -0.2) is 0 Å². The fourth-order valence-electron chi connectivity index (χ4n) is 20.0. The van der Waals surface area contributed by atoms with Crippen molar-refractivity contribution < 1.29 is 90.8 Å². The maximum absolute atomic E-state index is 14.6. The molecule has 0 radical (unpaired) electrons. The molecular formula is C62H86O19. The van der Waals surface area contributed by atoms with Gasteiger partial charge in [0.25, 0.3) is 0 Å². The van der Waals surface area contributed by atoms with E-state index in [9.17, 15) is 15.0 Å². The number of carbonyl (C=O) groups is 1. The van der Waals surface area contributed by atoms with E-state index in [0.29, 0.717) is 70.6 Å². The molecule has 1 aliphatic carbocycles. The second-order valence-electron chi connectivity index (χ2n) is 28.9. The van der Waals surface area contributed by atoms with Crippen LogP contribution < -0.4 is 0 Å². The van der Waals surface area contributed by atoms with Gasteiger partial charge in [0, 0.05) is 70.1 Å².